The maximum Gasteiger partial charge on any atom is 0.328 e. The zero-order valence-corrected chi connectivity index (χ0v) is 11.5. The van der Waals surface area contributed by atoms with Gasteiger partial charge in [-0.3, -0.25) is 4.79 Å². The molecule has 6 nitrogen and oxygen atoms in total. The molecule has 0 saturated heterocycles. The van der Waals surface area contributed by atoms with Crippen LogP contribution in [0.15, 0.2) is 24.3 Å². The molecule has 0 fully saturated rings. The van der Waals surface area contributed by atoms with E-state index < -0.39 is 24.0 Å². The highest BCUT2D eigenvalue weighted by Crippen LogP contribution is 2.12. The van der Waals surface area contributed by atoms with E-state index in [1.807, 2.05) is 6.92 Å². The molecule has 6 heteroatoms. The number of carbonyl (C=O) groups is 2. The summed E-state index contributed by atoms with van der Waals surface area (Å²) in [6, 6.07) is 5.03. The van der Waals surface area contributed by atoms with Gasteiger partial charge in [-0.2, -0.15) is 0 Å². The molecule has 1 amide bonds. The molecule has 0 aromatic heterocycles. The van der Waals surface area contributed by atoms with E-state index in [4.69, 9.17) is 9.84 Å². The Morgan fingerprint density at radius 2 is 1.90 bits per heavy atom. The van der Waals surface area contributed by atoms with Crippen molar-refractivity contribution >= 4 is 11.9 Å². The van der Waals surface area contributed by atoms with E-state index in [-0.39, 0.29) is 0 Å². The minimum absolute atomic E-state index is 0.306. The molecule has 3 N–H and O–H groups in total. The number of hydrogen-bond acceptors (Lipinski definition) is 4. The summed E-state index contributed by atoms with van der Waals surface area (Å²) in [6.07, 6.45) is -0.291. The Labute approximate surface area is 117 Å². The lowest BCUT2D eigenvalue weighted by Crippen LogP contribution is -2.47. The zero-order valence-electron chi connectivity index (χ0n) is 11.5. The number of carbonyl (C=O) groups excluding carboxylic acids is 1. The van der Waals surface area contributed by atoms with Crippen molar-refractivity contribution < 1.29 is 24.5 Å². The smallest absolute Gasteiger partial charge is 0.328 e. The fourth-order valence-electron chi connectivity index (χ4n) is 1.54. The summed E-state index contributed by atoms with van der Waals surface area (Å²) in [5.41, 5.74) is 0.306. The molecule has 1 aromatic rings. The molecule has 0 spiro atoms. The lowest BCUT2D eigenvalue weighted by molar-refractivity contribution is -0.141. The van der Waals surface area contributed by atoms with Crippen molar-refractivity contribution in [3.05, 3.63) is 29.8 Å². The summed E-state index contributed by atoms with van der Waals surface area (Å²) in [7, 11) is 0. The van der Waals surface area contributed by atoms with Gasteiger partial charge in [0.15, 0.2) is 6.04 Å². The fourth-order valence-corrected chi connectivity index (χ4v) is 1.54. The summed E-state index contributed by atoms with van der Waals surface area (Å²) >= 11 is 0. The standard InChI is InChI=1S/C14H19NO5/c1-3-8-20-11-6-4-10(5-7-11)13(17)15-12(9(2)16)14(18)19/h4-7,9,12,16H,3,8H2,1-2H3,(H,15,17)(H,18,19)/t9-,12+/m1/s1. The first kappa shape index (κ1) is 16.0. The van der Waals surface area contributed by atoms with Gasteiger partial charge < -0.3 is 20.3 Å². The number of benzene rings is 1. The van der Waals surface area contributed by atoms with Crippen LogP contribution >= 0.6 is 0 Å². The van der Waals surface area contributed by atoms with Crippen LogP contribution in [0.5, 0.6) is 5.75 Å². The summed E-state index contributed by atoms with van der Waals surface area (Å²) < 4.78 is 5.38. The molecule has 0 radical (unpaired) electrons. The lowest BCUT2D eigenvalue weighted by Gasteiger charge is -2.17. The van der Waals surface area contributed by atoms with Crippen LogP contribution in [0, 0.1) is 0 Å². The number of hydrogen-bond donors (Lipinski definition) is 3. The first-order chi connectivity index (χ1) is 9.45. The molecule has 1 rings (SSSR count). The van der Waals surface area contributed by atoms with Crippen LogP contribution in [0.1, 0.15) is 30.6 Å². The highest BCUT2D eigenvalue weighted by atomic mass is 16.5. The van der Waals surface area contributed by atoms with Crippen molar-refractivity contribution in [1.29, 1.82) is 0 Å². The topological polar surface area (TPSA) is 95.9 Å². The largest absolute Gasteiger partial charge is 0.494 e. The van der Waals surface area contributed by atoms with Crippen LogP contribution in [-0.2, 0) is 4.79 Å². The highest BCUT2D eigenvalue weighted by Gasteiger charge is 2.25. The average molecular weight is 281 g/mol. The third-order valence-electron chi connectivity index (χ3n) is 2.62. The van der Waals surface area contributed by atoms with E-state index in [2.05, 4.69) is 5.32 Å². The molecular formula is C14H19NO5. The maximum atomic E-state index is 11.9. The van der Waals surface area contributed by atoms with Crippen molar-refractivity contribution in [2.45, 2.75) is 32.4 Å². The first-order valence-electron chi connectivity index (χ1n) is 6.40. The predicted octanol–water partition coefficient (Wildman–Crippen LogP) is 1.04. The Morgan fingerprint density at radius 3 is 2.35 bits per heavy atom. The van der Waals surface area contributed by atoms with Gasteiger partial charge in [-0.15, -0.1) is 0 Å². The molecule has 0 unspecified atom stereocenters. The summed E-state index contributed by atoms with van der Waals surface area (Å²) in [5, 5.41) is 20.5. The van der Waals surface area contributed by atoms with Gasteiger partial charge in [-0.05, 0) is 37.6 Å². The van der Waals surface area contributed by atoms with Gasteiger partial charge in [0.1, 0.15) is 5.75 Å². The van der Waals surface area contributed by atoms with Gasteiger partial charge in [0.25, 0.3) is 5.91 Å². The van der Waals surface area contributed by atoms with Crippen molar-refractivity contribution in [2.75, 3.05) is 6.61 Å². The van der Waals surface area contributed by atoms with Crippen molar-refractivity contribution in [3.63, 3.8) is 0 Å². The Kier molecular flexibility index (Phi) is 5.99. The molecule has 2 atom stereocenters. The van der Waals surface area contributed by atoms with E-state index in [1.54, 1.807) is 24.3 Å². The lowest BCUT2D eigenvalue weighted by atomic mass is 10.1. The first-order valence-corrected chi connectivity index (χ1v) is 6.40. The van der Waals surface area contributed by atoms with Crippen molar-refractivity contribution in [3.8, 4) is 5.75 Å². The van der Waals surface area contributed by atoms with E-state index in [0.717, 1.165) is 6.42 Å². The van der Waals surface area contributed by atoms with Gasteiger partial charge in [0.05, 0.1) is 12.7 Å². The van der Waals surface area contributed by atoms with Crippen LogP contribution < -0.4 is 10.1 Å². The van der Waals surface area contributed by atoms with E-state index in [9.17, 15) is 14.7 Å². The van der Waals surface area contributed by atoms with Crippen LogP contribution in [-0.4, -0.2) is 40.8 Å². The number of rotatable bonds is 7. The van der Waals surface area contributed by atoms with E-state index in [0.29, 0.717) is 17.9 Å². The number of carboxylic acids is 1. The van der Waals surface area contributed by atoms with Gasteiger partial charge in [-0.1, -0.05) is 6.92 Å². The highest BCUT2D eigenvalue weighted by molar-refractivity contribution is 5.96. The monoisotopic (exact) mass is 281 g/mol. The van der Waals surface area contributed by atoms with Gasteiger partial charge >= 0.3 is 5.97 Å². The summed E-state index contributed by atoms with van der Waals surface area (Å²) in [5.74, 6) is -1.19. The second kappa shape index (κ2) is 7.49. The van der Waals surface area contributed by atoms with Crippen LogP contribution in [0.3, 0.4) is 0 Å². The molecule has 20 heavy (non-hydrogen) atoms. The number of aliphatic hydroxyl groups excluding tert-OH is 1. The molecule has 0 aliphatic heterocycles. The number of amides is 1. The molecule has 0 saturated carbocycles. The number of carboxylic acid groups (broad SMARTS) is 1. The minimum Gasteiger partial charge on any atom is -0.494 e. The van der Waals surface area contributed by atoms with Crippen molar-refractivity contribution in [1.82, 2.24) is 5.32 Å². The Balaban J connectivity index is 2.69. The molecule has 0 bridgehead atoms. The number of ether oxygens (including phenoxy) is 1. The Bertz CT molecular complexity index is 455. The normalized spacial score (nSPS) is 13.3. The Hall–Kier alpha value is -2.08. The molecule has 0 aliphatic rings. The number of nitrogens with one attached hydrogen (secondary N) is 1. The number of aliphatic carboxylic acids is 1. The van der Waals surface area contributed by atoms with Crippen LogP contribution in [0.4, 0.5) is 0 Å². The zero-order chi connectivity index (χ0) is 15.1. The maximum absolute atomic E-state index is 11.9. The second-order valence-electron chi connectivity index (χ2n) is 4.40. The van der Waals surface area contributed by atoms with E-state index in [1.165, 1.54) is 6.92 Å². The SMILES string of the molecule is CCCOc1ccc(C(=O)N[C@H](C(=O)O)[C@@H](C)O)cc1. The molecular weight excluding hydrogens is 262 g/mol. The molecule has 0 heterocycles. The van der Waals surface area contributed by atoms with Gasteiger partial charge in [0, 0.05) is 5.56 Å². The average Bonchev–Trinajstić information content (AvgIpc) is 2.42. The third-order valence-corrected chi connectivity index (χ3v) is 2.62. The minimum atomic E-state index is -1.33. The van der Waals surface area contributed by atoms with Gasteiger partial charge in [0.2, 0.25) is 0 Å². The summed E-state index contributed by atoms with van der Waals surface area (Å²) in [4.78, 5) is 22.7. The Morgan fingerprint density at radius 1 is 1.30 bits per heavy atom. The van der Waals surface area contributed by atoms with Gasteiger partial charge in [-0.25, -0.2) is 4.79 Å². The van der Waals surface area contributed by atoms with Crippen LogP contribution in [0.2, 0.25) is 0 Å². The molecule has 0 aliphatic carbocycles. The van der Waals surface area contributed by atoms with Crippen molar-refractivity contribution in [2.24, 2.45) is 0 Å². The quantitative estimate of drug-likeness (QED) is 0.694. The van der Waals surface area contributed by atoms with Crippen LogP contribution in [0.25, 0.3) is 0 Å². The molecule has 1 aromatic carbocycles. The summed E-state index contributed by atoms with van der Waals surface area (Å²) in [6.45, 7) is 3.89. The molecule has 110 valence electrons. The predicted molar refractivity (Wildman–Crippen MR) is 72.8 cm³/mol. The fraction of sp³-hybridized carbons (Fsp3) is 0.429. The third kappa shape index (κ3) is 4.55. The van der Waals surface area contributed by atoms with E-state index >= 15 is 0 Å². The number of aliphatic hydroxyl groups is 1. The second-order valence-corrected chi connectivity index (χ2v) is 4.40.